The molecule has 1 aromatic heterocycles. The van der Waals surface area contributed by atoms with Crippen LogP contribution in [-0.4, -0.2) is 14.8 Å². The van der Waals surface area contributed by atoms with E-state index in [1.165, 1.54) is 12.1 Å². The van der Waals surface area contributed by atoms with Crippen LogP contribution in [0.15, 0.2) is 24.3 Å². The quantitative estimate of drug-likeness (QED) is 0.840. The second-order valence-corrected chi connectivity index (χ2v) is 4.78. The van der Waals surface area contributed by atoms with Crippen molar-refractivity contribution < 1.29 is 4.39 Å². The molecule has 0 bridgehead atoms. The predicted octanol–water partition coefficient (Wildman–Crippen LogP) is 2.44. The molecule has 0 fully saturated rings. The van der Waals surface area contributed by atoms with Crippen LogP contribution in [0.25, 0.3) is 11.4 Å². The summed E-state index contributed by atoms with van der Waals surface area (Å²) in [6, 6.07) is 6.55. The molecule has 0 amide bonds. The van der Waals surface area contributed by atoms with Crippen molar-refractivity contribution in [2.75, 3.05) is 0 Å². The normalized spacial score (nSPS) is 22.8. The van der Waals surface area contributed by atoms with Gasteiger partial charge in [0.2, 0.25) is 0 Å². The summed E-state index contributed by atoms with van der Waals surface area (Å²) in [5, 5.41) is 4.45. The third-order valence-corrected chi connectivity index (χ3v) is 3.39. The van der Waals surface area contributed by atoms with Crippen molar-refractivity contribution in [2.24, 2.45) is 5.73 Å². The van der Waals surface area contributed by atoms with E-state index in [9.17, 15) is 4.39 Å². The molecule has 2 atom stereocenters. The number of halogens is 1. The largest absolute Gasteiger partial charge is 0.321 e. The van der Waals surface area contributed by atoms with Crippen LogP contribution >= 0.6 is 0 Å². The molecule has 1 aliphatic heterocycles. The van der Waals surface area contributed by atoms with Crippen molar-refractivity contribution in [1.82, 2.24) is 14.8 Å². The first-order chi connectivity index (χ1) is 8.65. The maximum Gasteiger partial charge on any atom is 0.181 e. The maximum absolute atomic E-state index is 13.2. The average Bonchev–Trinajstić information content (AvgIpc) is 2.80. The van der Waals surface area contributed by atoms with Crippen LogP contribution in [0.2, 0.25) is 0 Å². The van der Waals surface area contributed by atoms with Crippen LogP contribution in [0.4, 0.5) is 4.39 Å². The predicted molar refractivity (Wildman–Crippen MR) is 66.3 cm³/mol. The zero-order valence-electron chi connectivity index (χ0n) is 10.2. The van der Waals surface area contributed by atoms with E-state index in [4.69, 9.17) is 5.73 Å². The Balaban J connectivity index is 2.07. The molecule has 2 heterocycles. The van der Waals surface area contributed by atoms with E-state index >= 15 is 0 Å². The third-order valence-electron chi connectivity index (χ3n) is 3.39. The zero-order valence-corrected chi connectivity index (χ0v) is 10.2. The highest BCUT2D eigenvalue weighted by atomic mass is 19.1. The highest BCUT2D eigenvalue weighted by Crippen LogP contribution is 2.30. The molecule has 0 radical (unpaired) electrons. The Labute approximate surface area is 105 Å². The summed E-state index contributed by atoms with van der Waals surface area (Å²) in [4.78, 5) is 4.45. The molecule has 0 spiro atoms. The summed E-state index contributed by atoms with van der Waals surface area (Å²) in [7, 11) is 0. The van der Waals surface area contributed by atoms with Gasteiger partial charge in [-0.3, -0.25) is 0 Å². The van der Waals surface area contributed by atoms with E-state index in [0.717, 1.165) is 18.7 Å². The fourth-order valence-electron chi connectivity index (χ4n) is 2.33. The Morgan fingerprint density at radius 2 is 2.22 bits per heavy atom. The first-order valence-corrected chi connectivity index (χ1v) is 6.13. The van der Waals surface area contributed by atoms with Gasteiger partial charge in [-0.25, -0.2) is 14.1 Å². The van der Waals surface area contributed by atoms with Crippen molar-refractivity contribution in [3.05, 3.63) is 35.9 Å². The molecular formula is C13H15FN4. The topological polar surface area (TPSA) is 56.7 Å². The van der Waals surface area contributed by atoms with Gasteiger partial charge in [-0.15, -0.1) is 0 Å². The van der Waals surface area contributed by atoms with Crippen molar-refractivity contribution in [3.63, 3.8) is 0 Å². The second-order valence-electron chi connectivity index (χ2n) is 4.78. The Hall–Kier alpha value is -1.75. The zero-order chi connectivity index (χ0) is 12.7. The molecule has 2 N–H and O–H groups in total. The number of benzene rings is 1. The lowest BCUT2D eigenvalue weighted by Gasteiger charge is -2.23. The smallest absolute Gasteiger partial charge is 0.181 e. The van der Waals surface area contributed by atoms with Gasteiger partial charge in [0.15, 0.2) is 5.82 Å². The van der Waals surface area contributed by atoms with E-state index in [1.807, 2.05) is 4.68 Å². The molecule has 4 nitrogen and oxygen atoms in total. The van der Waals surface area contributed by atoms with E-state index in [1.54, 1.807) is 12.1 Å². The number of hydrogen-bond acceptors (Lipinski definition) is 3. The molecule has 3 rings (SSSR count). The van der Waals surface area contributed by atoms with Crippen LogP contribution < -0.4 is 5.73 Å². The Bertz CT molecular complexity index is 551. The monoisotopic (exact) mass is 246 g/mol. The number of nitrogens with zero attached hydrogens (tertiary/aromatic N) is 3. The number of rotatable bonds is 1. The van der Waals surface area contributed by atoms with E-state index in [2.05, 4.69) is 17.0 Å². The van der Waals surface area contributed by atoms with Crippen LogP contribution in [-0.2, 0) is 0 Å². The minimum Gasteiger partial charge on any atom is -0.321 e. The highest BCUT2D eigenvalue weighted by Gasteiger charge is 2.26. The first kappa shape index (κ1) is 11.3. The van der Waals surface area contributed by atoms with Gasteiger partial charge in [-0.1, -0.05) is 12.1 Å². The minimum atomic E-state index is -0.280. The summed E-state index contributed by atoms with van der Waals surface area (Å²) >= 11 is 0. The Morgan fingerprint density at radius 1 is 1.39 bits per heavy atom. The van der Waals surface area contributed by atoms with Gasteiger partial charge < -0.3 is 5.73 Å². The fraction of sp³-hybridized carbons (Fsp3) is 0.385. The van der Waals surface area contributed by atoms with Crippen molar-refractivity contribution in [3.8, 4) is 11.4 Å². The molecule has 0 saturated carbocycles. The summed E-state index contributed by atoms with van der Waals surface area (Å²) in [5.74, 6) is 1.07. The van der Waals surface area contributed by atoms with Gasteiger partial charge in [0.05, 0.1) is 12.1 Å². The summed E-state index contributed by atoms with van der Waals surface area (Å²) in [6.07, 6.45) is 1.92. The summed E-state index contributed by atoms with van der Waals surface area (Å²) in [5.41, 5.74) is 6.72. The van der Waals surface area contributed by atoms with Crippen LogP contribution in [0.1, 0.15) is 37.7 Å². The minimum absolute atomic E-state index is 0.0731. The van der Waals surface area contributed by atoms with E-state index in [-0.39, 0.29) is 11.9 Å². The number of aromatic nitrogens is 3. The second kappa shape index (κ2) is 4.17. The lowest BCUT2D eigenvalue weighted by atomic mass is 10.0. The van der Waals surface area contributed by atoms with Crippen molar-refractivity contribution >= 4 is 0 Å². The summed E-state index contributed by atoms with van der Waals surface area (Å²) < 4.78 is 15.1. The highest BCUT2D eigenvalue weighted by molar-refractivity contribution is 5.54. The standard InChI is InChI=1S/C13H15FN4/c1-8-5-6-11(15)13-16-12(17-18(8)13)9-3-2-4-10(14)7-9/h2-4,7-8,11H,5-6,15H2,1H3. The van der Waals surface area contributed by atoms with Crippen LogP contribution in [0.3, 0.4) is 0 Å². The third kappa shape index (κ3) is 1.80. The molecule has 94 valence electrons. The Kier molecular flexibility index (Phi) is 2.63. The van der Waals surface area contributed by atoms with Crippen molar-refractivity contribution in [2.45, 2.75) is 31.8 Å². The maximum atomic E-state index is 13.2. The fourth-order valence-corrected chi connectivity index (χ4v) is 2.33. The first-order valence-electron chi connectivity index (χ1n) is 6.13. The lowest BCUT2D eigenvalue weighted by molar-refractivity contribution is 0.350. The molecule has 1 aromatic carbocycles. The van der Waals surface area contributed by atoms with Gasteiger partial charge in [-0.05, 0) is 31.9 Å². The molecular weight excluding hydrogens is 231 g/mol. The number of fused-ring (bicyclic) bond motifs is 1. The van der Waals surface area contributed by atoms with E-state index in [0.29, 0.717) is 17.4 Å². The van der Waals surface area contributed by atoms with Gasteiger partial charge in [0.25, 0.3) is 0 Å². The molecule has 5 heteroatoms. The number of nitrogens with two attached hydrogens (primary N) is 1. The van der Waals surface area contributed by atoms with Gasteiger partial charge in [0.1, 0.15) is 11.6 Å². The SMILES string of the molecule is CC1CCC(N)c2nc(-c3cccc(F)c3)nn21. The molecule has 0 aliphatic carbocycles. The van der Waals surface area contributed by atoms with E-state index < -0.39 is 0 Å². The van der Waals surface area contributed by atoms with Crippen LogP contribution in [0, 0.1) is 5.82 Å². The molecule has 2 unspecified atom stereocenters. The lowest BCUT2D eigenvalue weighted by Crippen LogP contribution is -2.25. The van der Waals surface area contributed by atoms with Crippen molar-refractivity contribution in [1.29, 1.82) is 0 Å². The van der Waals surface area contributed by atoms with Crippen LogP contribution in [0.5, 0.6) is 0 Å². The average molecular weight is 246 g/mol. The van der Waals surface area contributed by atoms with Gasteiger partial charge in [-0.2, -0.15) is 5.10 Å². The molecule has 1 aliphatic rings. The van der Waals surface area contributed by atoms with Gasteiger partial charge in [0, 0.05) is 5.56 Å². The molecule has 0 saturated heterocycles. The molecule has 2 aromatic rings. The Morgan fingerprint density at radius 3 is 2.94 bits per heavy atom. The number of hydrogen-bond donors (Lipinski definition) is 1. The summed E-state index contributed by atoms with van der Waals surface area (Å²) in [6.45, 7) is 2.10. The van der Waals surface area contributed by atoms with Gasteiger partial charge >= 0.3 is 0 Å². The molecule has 18 heavy (non-hydrogen) atoms.